The summed E-state index contributed by atoms with van der Waals surface area (Å²) in [6.45, 7) is 7.50. The number of nitrogens with zero attached hydrogens (tertiary/aromatic N) is 4. The number of nitrogens with one attached hydrogen (secondary N) is 1. The first-order chi connectivity index (χ1) is 15.5. The highest BCUT2D eigenvalue weighted by atomic mass is 32.2. The minimum atomic E-state index is -0.296. The summed E-state index contributed by atoms with van der Waals surface area (Å²) in [4.78, 5) is 17.2. The maximum atomic E-state index is 13.1. The van der Waals surface area contributed by atoms with Gasteiger partial charge in [-0.15, -0.1) is 10.2 Å². The van der Waals surface area contributed by atoms with Gasteiger partial charge >= 0.3 is 0 Å². The van der Waals surface area contributed by atoms with Crippen LogP contribution >= 0.6 is 11.8 Å². The van der Waals surface area contributed by atoms with Crippen LogP contribution in [0.2, 0.25) is 0 Å². The Hall–Kier alpha value is -2.71. The van der Waals surface area contributed by atoms with E-state index in [1.807, 2.05) is 16.7 Å². The number of rotatable bonds is 8. The van der Waals surface area contributed by atoms with Crippen LogP contribution in [0.5, 0.6) is 0 Å². The zero-order valence-corrected chi connectivity index (χ0v) is 19.5. The van der Waals surface area contributed by atoms with Crippen LogP contribution in [0.4, 0.5) is 0 Å². The number of pyridine rings is 1. The highest BCUT2D eigenvalue weighted by Crippen LogP contribution is 2.32. The molecule has 3 aromatic rings. The molecule has 0 aliphatic carbocycles. The van der Waals surface area contributed by atoms with Crippen LogP contribution in [0.25, 0.3) is 17.1 Å². The summed E-state index contributed by atoms with van der Waals surface area (Å²) < 4.78 is 7.66. The molecule has 1 saturated heterocycles. The molecule has 168 valence electrons. The third-order valence-electron chi connectivity index (χ3n) is 5.49. The normalized spacial score (nSPS) is 16.9. The lowest BCUT2D eigenvalue weighted by Crippen LogP contribution is -2.39. The average Bonchev–Trinajstić information content (AvgIpc) is 3.47. The third-order valence-corrected chi connectivity index (χ3v) is 6.98. The van der Waals surface area contributed by atoms with Gasteiger partial charge in [-0.3, -0.25) is 14.3 Å². The molecule has 1 fully saturated rings. The van der Waals surface area contributed by atoms with Crippen LogP contribution in [-0.2, 0) is 9.53 Å². The van der Waals surface area contributed by atoms with E-state index in [0.29, 0.717) is 11.7 Å². The molecule has 2 unspecified atom stereocenters. The minimum absolute atomic E-state index is 0.00409. The van der Waals surface area contributed by atoms with Crippen LogP contribution in [-0.4, -0.2) is 50.2 Å². The fourth-order valence-electron chi connectivity index (χ4n) is 3.69. The summed E-state index contributed by atoms with van der Waals surface area (Å²) in [6.07, 6.45) is 5.65. The number of hydrogen-bond donors (Lipinski definition) is 1. The summed E-state index contributed by atoms with van der Waals surface area (Å²) >= 11 is 1.45. The van der Waals surface area contributed by atoms with Gasteiger partial charge in [-0.1, -0.05) is 43.3 Å². The van der Waals surface area contributed by atoms with E-state index in [4.69, 9.17) is 4.74 Å². The Kier molecular flexibility index (Phi) is 7.22. The molecule has 1 N–H and O–H groups in total. The summed E-state index contributed by atoms with van der Waals surface area (Å²) in [5, 5.41) is 12.4. The van der Waals surface area contributed by atoms with Gasteiger partial charge in [-0.25, -0.2) is 0 Å². The fraction of sp³-hybridized carbons (Fsp3) is 0.417. The molecule has 1 amide bonds. The van der Waals surface area contributed by atoms with E-state index < -0.39 is 0 Å². The van der Waals surface area contributed by atoms with Crippen molar-refractivity contribution in [2.75, 3.05) is 13.2 Å². The van der Waals surface area contributed by atoms with Gasteiger partial charge in [-0.2, -0.15) is 0 Å². The molecule has 2 aromatic heterocycles. The number of benzene rings is 1. The third kappa shape index (κ3) is 5.19. The van der Waals surface area contributed by atoms with Gasteiger partial charge in [0.15, 0.2) is 11.0 Å². The Morgan fingerprint density at radius 1 is 1.19 bits per heavy atom. The number of carbonyl (C=O) groups is 1. The van der Waals surface area contributed by atoms with Crippen LogP contribution in [0.15, 0.2) is 53.9 Å². The Morgan fingerprint density at radius 3 is 2.59 bits per heavy atom. The number of ether oxygens (including phenoxy) is 1. The van der Waals surface area contributed by atoms with E-state index in [1.165, 1.54) is 17.3 Å². The predicted octanol–water partition coefficient (Wildman–Crippen LogP) is 4.05. The number of aryl methyl sites for hydroxylation is 1. The number of amides is 1. The quantitative estimate of drug-likeness (QED) is 0.521. The van der Waals surface area contributed by atoms with Crippen LogP contribution in [0.3, 0.4) is 0 Å². The van der Waals surface area contributed by atoms with Crippen LogP contribution in [0, 0.1) is 12.8 Å². The molecular weight excluding hydrogens is 422 g/mol. The monoisotopic (exact) mass is 451 g/mol. The predicted molar refractivity (Wildman–Crippen MR) is 126 cm³/mol. The van der Waals surface area contributed by atoms with Gasteiger partial charge < -0.3 is 10.1 Å². The van der Waals surface area contributed by atoms with Crippen molar-refractivity contribution in [1.82, 2.24) is 25.1 Å². The molecule has 1 aromatic carbocycles. The second-order valence-corrected chi connectivity index (χ2v) is 9.48. The van der Waals surface area contributed by atoms with Crippen molar-refractivity contribution in [3.05, 3.63) is 54.4 Å². The molecular formula is C24H29N5O2S. The number of hydrogen-bond acceptors (Lipinski definition) is 6. The molecule has 4 rings (SSSR count). The van der Waals surface area contributed by atoms with E-state index >= 15 is 0 Å². The lowest BCUT2D eigenvalue weighted by molar-refractivity contribution is -0.121. The Balaban J connectivity index is 1.63. The molecule has 2 atom stereocenters. The second-order valence-electron chi connectivity index (χ2n) is 8.38. The van der Waals surface area contributed by atoms with E-state index in [0.717, 1.165) is 36.5 Å². The molecule has 1 aliphatic heterocycles. The van der Waals surface area contributed by atoms with Gasteiger partial charge in [0, 0.05) is 36.8 Å². The molecule has 0 radical (unpaired) electrons. The SMILES string of the molecule is Cc1ccc(-n2c(SC(C(=O)NCC3CCCO3)C(C)C)nnc2-c2ccncc2)cc1. The fourth-order valence-corrected chi connectivity index (χ4v) is 4.76. The largest absolute Gasteiger partial charge is 0.376 e. The standard InChI is InChI=1S/C24H29N5O2S/c1-16(2)21(23(30)26-15-20-5-4-14-31-20)32-24-28-27-22(18-10-12-25-13-11-18)29(24)19-8-6-17(3)7-9-19/h6-13,16,20-21H,4-5,14-15H2,1-3H3,(H,26,30). The maximum absolute atomic E-state index is 13.1. The maximum Gasteiger partial charge on any atom is 0.233 e. The summed E-state index contributed by atoms with van der Waals surface area (Å²) in [6, 6.07) is 12.1. The van der Waals surface area contributed by atoms with Gasteiger partial charge in [0.25, 0.3) is 0 Å². The van der Waals surface area contributed by atoms with Crippen molar-refractivity contribution < 1.29 is 9.53 Å². The van der Waals surface area contributed by atoms with E-state index in [2.05, 4.69) is 65.5 Å². The van der Waals surface area contributed by atoms with Gasteiger partial charge in [0.1, 0.15) is 0 Å². The van der Waals surface area contributed by atoms with Crippen LogP contribution < -0.4 is 5.32 Å². The lowest BCUT2D eigenvalue weighted by Gasteiger charge is -2.21. The molecule has 0 spiro atoms. The van der Waals surface area contributed by atoms with Crippen molar-refractivity contribution in [2.24, 2.45) is 5.92 Å². The molecule has 32 heavy (non-hydrogen) atoms. The van der Waals surface area contributed by atoms with E-state index in [9.17, 15) is 4.79 Å². The highest BCUT2D eigenvalue weighted by molar-refractivity contribution is 8.00. The van der Waals surface area contributed by atoms with Gasteiger partial charge in [0.2, 0.25) is 5.91 Å². The number of carbonyl (C=O) groups excluding carboxylic acids is 1. The van der Waals surface area contributed by atoms with Crippen LogP contribution in [0.1, 0.15) is 32.3 Å². The molecule has 7 nitrogen and oxygen atoms in total. The Morgan fingerprint density at radius 2 is 1.94 bits per heavy atom. The summed E-state index contributed by atoms with van der Waals surface area (Å²) in [5.41, 5.74) is 3.05. The van der Waals surface area contributed by atoms with Gasteiger partial charge in [0.05, 0.1) is 11.4 Å². The molecule has 3 heterocycles. The van der Waals surface area contributed by atoms with E-state index in [1.54, 1.807) is 12.4 Å². The first-order valence-corrected chi connectivity index (χ1v) is 11.9. The number of aromatic nitrogens is 4. The smallest absolute Gasteiger partial charge is 0.233 e. The topological polar surface area (TPSA) is 81.9 Å². The zero-order chi connectivity index (χ0) is 22.5. The Bertz CT molecular complexity index is 1030. The summed E-state index contributed by atoms with van der Waals surface area (Å²) in [5.74, 6) is 0.850. The molecule has 1 aliphatic rings. The van der Waals surface area contributed by atoms with E-state index in [-0.39, 0.29) is 23.2 Å². The van der Waals surface area contributed by atoms with Crippen molar-refractivity contribution >= 4 is 17.7 Å². The van der Waals surface area contributed by atoms with Crippen molar-refractivity contribution in [3.8, 4) is 17.1 Å². The summed E-state index contributed by atoms with van der Waals surface area (Å²) in [7, 11) is 0. The van der Waals surface area contributed by atoms with Gasteiger partial charge in [-0.05, 0) is 49.9 Å². The highest BCUT2D eigenvalue weighted by Gasteiger charge is 2.28. The van der Waals surface area contributed by atoms with Crippen molar-refractivity contribution in [2.45, 2.75) is 50.1 Å². The molecule has 0 bridgehead atoms. The second kappa shape index (κ2) is 10.3. The molecule has 0 saturated carbocycles. The zero-order valence-electron chi connectivity index (χ0n) is 18.7. The molecule has 8 heteroatoms. The van der Waals surface area contributed by atoms with Crippen molar-refractivity contribution in [3.63, 3.8) is 0 Å². The lowest BCUT2D eigenvalue weighted by atomic mass is 10.1. The first-order valence-electron chi connectivity index (χ1n) is 11.0. The van der Waals surface area contributed by atoms with Crippen molar-refractivity contribution in [1.29, 1.82) is 0 Å². The average molecular weight is 452 g/mol. The first kappa shape index (κ1) is 22.5. The minimum Gasteiger partial charge on any atom is -0.376 e. The number of thioether (sulfide) groups is 1. The Labute approximate surface area is 193 Å².